The Bertz CT molecular complexity index is 861. The van der Waals surface area contributed by atoms with Crippen molar-refractivity contribution in [2.45, 2.75) is 37.7 Å². The molecule has 3 aromatic rings. The van der Waals surface area contributed by atoms with Gasteiger partial charge in [0.15, 0.2) is 16.1 Å². The van der Waals surface area contributed by atoms with Crippen LogP contribution in [-0.2, 0) is 11.3 Å². The number of thioether (sulfide) groups is 1. The van der Waals surface area contributed by atoms with Gasteiger partial charge in [-0.05, 0) is 32.9 Å². The van der Waals surface area contributed by atoms with Gasteiger partial charge in [-0.2, -0.15) is 0 Å². The summed E-state index contributed by atoms with van der Waals surface area (Å²) in [7, 11) is 0. The number of carbonyl (C=O) groups excluding carboxylic acids is 1. The quantitative estimate of drug-likeness (QED) is 0.667. The molecule has 1 amide bonds. The van der Waals surface area contributed by atoms with Gasteiger partial charge in [0, 0.05) is 29.9 Å². The van der Waals surface area contributed by atoms with E-state index in [9.17, 15) is 4.79 Å². The Morgan fingerprint density at radius 2 is 2.12 bits per heavy atom. The highest BCUT2D eigenvalue weighted by Gasteiger charge is 2.21. The van der Waals surface area contributed by atoms with Crippen LogP contribution in [0.2, 0.25) is 0 Å². The fourth-order valence-electron chi connectivity index (χ4n) is 2.21. The van der Waals surface area contributed by atoms with Gasteiger partial charge in [-0.3, -0.25) is 9.78 Å². The summed E-state index contributed by atoms with van der Waals surface area (Å²) >= 11 is 2.80. The number of hydrogen-bond acceptors (Lipinski definition) is 7. The summed E-state index contributed by atoms with van der Waals surface area (Å²) in [6.45, 7) is 6.49. The number of aromatic nitrogens is 5. The van der Waals surface area contributed by atoms with Gasteiger partial charge in [0.1, 0.15) is 0 Å². The summed E-state index contributed by atoms with van der Waals surface area (Å²) in [5.41, 5.74) is 1.85. The van der Waals surface area contributed by atoms with Gasteiger partial charge in [-0.15, -0.1) is 21.5 Å². The summed E-state index contributed by atoms with van der Waals surface area (Å²) in [6, 6.07) is 3.79. The molecule has 0 fully saturated rings. The van der Waals surface area contributed by atoms with Crippen molar-refractivity contribution in [1.82, 2.24) is 24.7 Å². The molecule has 0 spiro atoms. The molecule has 0 saturated carbocycles. The Kier molecular flexibility index (Phi) is 5.44. The highest BCUT2D eigenvalue weighted by Crippen LogP contribution is 2.27. The molecule has 3 aromatic heterocycles. The molecule has 7 nitrogen and oxygen atoms in total. The third-order valence-corrected chi connectivity index (χ3v) is 5.43. The molecule has 3 rings (SSSR count). The SMILES string of the molecule is CCn1c(S[C@@H](C)C(=O)Nc2nc(C)cs2)nnc1-c1ccncc1. The molecule has 0 aliphatic heterocycles. The van der Waals surface area contributed by atoms with E-state index in [0.717, 1.165) is 17.1 Å². The smallest absolute Gasteiger partial charge is 0.239 e. The molecule has 1 atom stereocenters. The summed E-state index contributed by atoms with van der Waals surface area (Å²) in [6.07, 6.45) is 3.45. The van der Waals surface area contributed by atoms with Gasteiger partial charge >= 0.3 is 0 Å². The monoisotopic (exact) mass is 374 g/mol. The normalized spacial score (nSPS) is 12.1. The van der Waals surface area contributed by atoms with Crippen LogP contribution in [0.1, 0.15) is 19.5 Å². The number of nitrogens with zero attached hydrogens (tertiary/aromatic N) is 5. The first-order valence-corrected chi connectivity index (χ1v) is 9.57. The Hall–Kier alpha value is -2.26. The van der Waals surface area contributed by atoms with Gasteiger partial charge in [0.05, 0.1) is 10.9 Å². The van der Waals surface area contributed by atoms with Gasteiger partial charge in [-0.25, -0.2) is 4.98 Å². The zero-order valence-corrected chi connectivity index (χ0v) is 15.8. The standard InChI is InChI=1S/C16H18N6OS2/c1-4-22-13(12-5-7-17-8-6-12)20-21-16(22)25-11(3)14(23)19-15-18-10(2)9-24-15/h5-9,11H,4H2,1-3H3,(H,18,19,23)/t11-/m0/s1. The van der Waals surface area contributed by atoms with Crippen molar-refractivity contribution >= 4 is 34.1 Å². The Labute approximate surface area is 153 Å². The number of pyridine rings is 1. The molecule has 0 unspecified atom stereocenters. The zero-order valence-electron chi connectivity index (χ0n) is 14.1. The molecular weight excluding hydrogens is 356 g/mol. The summed E-state index contributed by atoms with van der Waals surface area (Å²) in [5, 5.41) is 14.3. The molecule has 1 N–H and O–H groups in total. The minimum atomic E-state index is -0.316. The first-order chi connectivity index (χ1) is 12.1. The maximum atomic E-state index is 12.4. The Morgan fingerprint density at radius 1 is 1.36 bits per heavy atom. The van der Waals surface area contributed by atoms with Crippen LogP contribution >= 0.6 is 23.1 Å². The van der Waals surface area contributed by atoms with Crippen molar-refractivity contribution in [2.24, 2.45) is 0 Å². The van der Waals surface area contributed by atoms with Gasteiger partial charge in [0.25, 0.3) is 0 Å². The number of amides is 1. The lowest BCUT2D eigenvalue weighted by atomic mass is 10.2. The van der Waals surface area contributed by atoms with Gasteiger partial charge in [0.2, 0.25) is 5.91 Å². The van der Waals surface area contributed by atoms with E-state index in [2.05, 4.69) is 25.5 Å². The lowest BCUT2D eigenvalue weighted by Crippen LogP contribution is -2.22. The molecule has 0 saturated heterocycles. The molecule has 0 aliphatic rings. The van der Waals surface area contributed by atoms with Crippen LogP contribution in [0.15, 0.2) is 35.1 Å². The average Bonchev–Trinajstić information content (AvgIpc) is 3.21. The third kappa shape index (κ3) is 4.05. The predicted molar refractivity (Wildman–Crippen MR) is 99.7 cm³/mol. The fraction of sp³-hybridized carbons (Fsp3) is 0.312. The van der Waals surface area contributed by atoms with Crippen LogP contribution < -0.4 is 5.32 Å². The molecule has 0 bridgehead atoms. The van der Waals surface area contributed by atoms with Crippen LogP contribution in [0.5, 0.6) is 0 Å². The molecule has 130 valence electrons. The molecule has 9 heteroatoms. The highest BCUT2D eigenvalue weighted by molar-refractivity contribution is 8.00. The first kappa shape index (κ1) is 17.6. The van der Waals surface area contributed by atoms with Crippen molar-refractivity contribution in [3.63, 3.8) is 0 Å². The Balaban J connectivity index is 1.74. The number of carbonyl (C=O) groups is 1. The second kappa shape index (κ2) is 7.75. The van der Waals surface area contributed by atoms with Crippen LogP contribution in [0.4, 0.5) is 5.13 Å². The molecule has 25 heavy (non-hydrogen) atoms. The number of anilines is 1. The molecule has 0 aromatic carbocycles. The topological polar surface area (TPSA) is 85.6 Å². The molecular formula is C16H18N6OS2. The van der Waals surface area contributed by atoms with Crippen molar-refractivity contribution < 1.29 is 4.79 Å². The second-order valence-corrected chi connectivity index (χ2v) is 7.50. The van der Waals surface area contributed by atoms with Gasteiger partial charge in [-0.1, -0.05) is 11.8 Å². The summed E-state index contributed by atoms with van der Waals surface area (Å²) in [4.78, 5) is 20.7. The first-order valence-electron chi connectivity index (χ1n) is 7.81. The minimum Gasteiger partial charge on any atom is -0.302 e. The van der Waals surface area contributed by atoms with E-state index in [0.29, 0.717) is 16.8 Å². The van der Waals surface area contributed by atoms with Crippen LogP contribution in [-0.4, -0.2) is 35.9 Å². The van der Waals surface area contributed by atoms with Crippen molar-refractivity contribution in [2.75, 3.05) is 5.32 Å². The minimum absolute atomic E-state index is 0.101. The van der Waals surface area contributed by atoms with Gasteiger partial charge < -0.3 is 9.88 Å². The maximum absolute atomic E-state index is 12.4. The van der Waals surface area contributed by atoms with E-state index in [1.807, 2.05) is 42.9 Å². The lowest BCUT2D eigenvalue weighted by Gasteiger charge is -2.11. The van der Waals surface area contributed by atoms with Crippen LogP contribution in [0, 0.1) is 6.92 Å². The number of rotatable bonds is 6. The maximum Gasteiger partial charge on any atom is 0.239 e. The average molecular weight is 374 g/mol. The number of hydrogen-bond donors (Lipinski definition) is 1. The molecule has 3 heterocycles. The highest BCUT2D eigenvalue weighted by atomic mass is 32.2. The lowest BCUT2D eigenvalue weighted by molar-refractivity contribution is -0.115. The predicted octanol–water partition coefficient (Wildman–Crippen LogP) is 3.24. The summed E-state index contributed by atoms with van der Waals surface area (Å²) < 4.78 is 2.00. The third-order valence-electron chi connectivity index (χ3n) is 3.47. The molecule has 0 aliphatic carbocycles. The Morgan fingerprint density at radius 3 is 2.76 bits per heavy atom. The van der Waals surface area contributed by atoms with Crippen LogP contribution in [0.3, 0.4) is 0 Å². The second-order valence-electron chi connectivity index (χ2n) is 5.33. The van der Waals surface area contributed by atoms with E-state index in [-0.39, 0.29) is 11.2 Å². The van der Waals surface area contributed by atoms with E-state index >= 15 is 0 Å². The van der Waals surface area contributed by atoms with E-state index < -0.39 is 0 Å². The van der Waals surface area contributed by atoms with Crippen molar-refractivity contribution in [1.29, 1.82) is 0 Å². The van der Waals surface area contributed by atoms with Crippen molar-refractivity contribution in [3.8, 4) is 11.4 Å². The van der Waals surface area contributed by atoms with Crippen molar-refractivity contribution in [3.05, 3.63) is 35.6 Å². The zero-order chi connectivity index (χ0) is 17.8. The number of aryl methyl sites for hydroxylation is 1. The molecule has 0 radical (unpaired) electrons. The number of thiazole rings is 1. The number of nitrogens with one attached hydrogen (secondary N) is 1. The fourth-order valence-corrected chi connectivity index (χ4v) is 3.81. The van der Waals surface area contributed by atoms with Crippen LogP contribution in [0.25, 0.3) is 11.4 Å². The van der Waals surface area contributed by atoms with E-state index in [1.165, 1.54) is 23.1 Å². The summed E-state index contributed by atoms with van der Waals surface area (Å²) in [5.74, 6) is 0.672. The van der Waals surface area contributed by atoms with E-state index in [4.69, 9.17) is 0 Å². The van der Waals surface area contributed by atoms with E-state index in [1.54, 1.807) is 12.4 Å². The largest absolute Gasteiger partial charge is 0.302 e.